The minimum absolute atomic E-state index is 0.417. The van der Waals surface area contributed by atoms with Crippen LogP contribution in [0.2, 0.25) is 0 Å². The molecule has 1 aliphatic rings. The molecule has 0 aliphatic heterocycles. The van der Waals surface area contributed by atoms with Crippen LogP contribution in [0.3, 0.4) is 0 Å². The second-order valence-corrected chi connectivity index (χ2v) is 5.17. The van der Waals surface area contributed by atoms with E-state index in [-0.39, 0.29) is 0 Å². The molecule has 1 aromatic carbocycles. The predicted molar refractivity (Wildman–Crippen MR) is 77.0 cm³/mol. The van der Waals surface area contributed by atoms with Gasteiger partial charge >= 0.3 is 0 Å². The Kier molecular flexibility index (Phi) is 5.27. The molecule has 0 bridgehead atoms. The molecule has 4 heteroatoms. The molecule has 4 nitrogen and oxygen atoms in total. The van der Waals surface area contributed by atoms with Crippen LogP contribution in [0.1, 0.15) is 42.5 Å². The van der Waals surface area contributed by atoms with E-state index in [1.54, 1.807) is 12.1 Å². The maximum atomic E-state index is 11.1. The van der Waals surface area contributed by atoms with Gasteiger partial charge in [-0.1, -0.05) is 19.3 Å². The lowest BCUT2D eigenvalue weighted by atomic mass is 9.90. The highest BCUT2D eigenvalue weighted by Crippen LogP contribution is 2.33. The number of benzene rings is 1. The summed E-state index contributed by atoms with van der Waals surface area (Å²) in [7, 11) is 3.07. The highest BCUT2D eigenvalue weighted by atomic mass is 16.5. The summed E-state index contributed by atoms with van der Waals surface area (Å²) in [6, 6.07) is 3.49. The second kappa shape index (κ2) is 7.17. The molecule has 1 aliphatic carbocycles. The molecule has 0 amide bonds. The molecule has 0 atom stereocenters. The molecule has 20 heavy (non-hydrogen) atoms. The third-order valence-corrected chi connectivity index (χ3v) is 3.85. The van der Waals surface area contributed by atoms with Crippen molar-refractivity contribution in [1.82, 2.24) is 0 Å². The van der Waals surface area contributed by atoms with E-state index in [0.29, 0.717) is 35.3 Å². The standard InChI is InChI=1S/C16H22O4/c1-18-15-8-13(9-16(19-2)14(15)10-17)20-11-12-6-4-3-5-7-12/h8-10,12H,3-7,11H2,1-2H3. The van der Waals surface area contributed by atoms with Crippen molar-refractivity contribution in [2.24, 2.45) is 5.92 Å². The summed E-state index contributed by atoms with van der Waals surface area (Å²) in [5.74, 6) is 2.29. The highest BCUT2D eigenvalue weighted by molar-refractivity contribution is 5.84. The number of hydrogen-bond acceptors (Lipinski definition) is 4. The maximum Gasteiger partial charge on any atom is 0.157 e. The van der Waals surface area contributed by atoms with E-state index < -0.39 is 0 Å². The molecule has 0 unspecified atom stereocenters. The van der Waals surface area contributed by atoms with Gasteiger partial charge in [0.2, 0.25) is 0 Å². The van der Waals surface area contributed by atoms with Crippen molar-refractivity contribution in [2.75, 3.05) is 20.8 Å². The quantitative estimate of drug-likeness (QED) is 0.747. The molecule has 0 aromatic heterocycles. The Morgan fingerprint density at radius 1 is 1.10 bits per heavy atom. The van der Waals surface area contributed by atoms with E-state index in [0.717, 1.165) is 6.29 Å². The van der Waals surface area contributed by atoms with Crippen LogP contribution in [0, 0.1) is 5.92 Å². The van der Waals surface area contributed by atoms with Crippen LogP contribution in [-0.4, -0.2) is 27.1 Å². The van der Waals surface area contributed by atoms with Crippen LogP contribution in [0.25, 0.3) is 0 Å². The fourth-order valence-corrected chi connectivity index (χ4v) is 2.68. The Morgan fingerprint density at radius 2 is 1.70 bits per heavy atom. The molecule has 1 saturated carbocycles. The van der Waals surface area contributed by atoms with E-state index in [1.807, 2.05) is 0 Å². The molecule has 1 fully saturated rings. The molecule has 0 radical (unpaired) electrons. The van der Waals surface area contributed by atoms with Crippen molar-refractivity contribution in [1.29, 1.82) is 0 Å². The van der Waals surface area contributed by atoms with Gasteiger partial charge in [-0.2, -0.15) is 0 Å². The zero-order valence-corrected chi connectivity index (χ0v) is 12.2. The average Bonchev–Trinajstić information content (AvgIpc) is 2.52. The van der Waals surface area contributed by atoms with Crippen molar-refractivity contribution in [2.45, 2.75) is 32.1 Å². The van der Waals surface area contributed by atoms with Crippen molar-refractivity contribution in [3.05, 3.63) is 17.7 Å². The van der Waals surface area contributed by atoms with Crippen LogP contribution < -0.4 is 14.2 Å². The summed E-state index contributed by atoms with van der Waals surface area (Å²) in [6.07, 6.45) is 7.14. The Labute approximate surface area is 120 Å². The number of ether oxygens (including phenoxy) is 3. The minimum Gasteiger partial charge on any atom is -0.496 e. The molecule has 0 N–H and O–H groups in total. The molecular formula is C16H22O4. The van der Waals surface area contributed by atoms with Gasteiger partial charge in [-0.25, -0.2) is 0 Å². The van der Waals surface area contributed by atoms with Gasteiger partial charge in [0.25, 0.3) is 0 Å². The topological polar surface area (TPSA) is 44.8 Å². The van der Waals surface area contributed by atoms with Gasteiger partial charge in [0, 0.05) is 12.1 Å². The van der Waals surface area contributed by atoms with E-state index >= 15 is 0 Å². The minimum atomic E-state index is 0.417. The SMILES string of the molecule is COc1cc(OCC2CCCCC2)cc(OC)c1C=O. The second-order valence-electron chi connectivity index (χ2n) is 5.17. The normalized spacial score (nSPS) is 15.7. The van der Waals surface area contributed by atoms with E-state index in [9.17, 15) is 4.79 Å². The Bertz CT molecular complexity index is 425. The molecule has 0 heterocycles. The predicted octanol–water partition coefficient (Wildman–Crippen LogP) is 3.48. The van der Waals surface area contributed by atoms with Gasteiger partial charge in [-0.15, -0.1) is 0 Å². The lowest BCUT2D eigenvalue weighted by Crippen LogP contribution is -2.15. The van der Waals surface area contributed by atoms with Crippen molar-refractivity contribution < 1.29 is 19.0 Å². The first-order chi connectivity index (χ1) is 9.78. The van der Waals surface area contributed by atoms with Gasteiger partial charge in [0.05, 0.1) is 26.4 Å². The van der Waals surface area contributed by atoms with Crippen LogP contribution in [-0.2, 0) is 0 Å². The fraction of sp³-hybridized carbons (Fsp3) is 0.562. The summed E-state index contributed by atoms with van der Waals surface area (Å²) < 4.78 is 16.3. The zero-order valence-electron chi connectivity index (χ0n) is 12.2. The number of carbonyl (C=O) groups excluding carboxylic acids is 1. The number of rotatable bonds is 6. The molecular weight excluding hydrogens is 256 g/mol. The summed E-state index contributed by atoms with van der Waals surface area (Å²) in [5, 5.41) is 0. The highest BCUT2D eigenvalue weighted by Gasteiger charge is 2.16. The summed E-state index contributed by atoms with van der Waals surface area (Å²) in [6.45, 7) is 0.715. The van der Waals surface area contributed by atoms with Crippen LogP contribution >= 0.6 is 0 Å². The summed E-state index contributed by atoms with van der Waals surface area (Å²) in [4.78, 5) is 11.1. The molecule has 110 valence electrons. The van der Waals surface area contributed by atoms with Crippen LogP contribution in [0.4, 0.5) is 0 Å². The van der Waals surface area contributed by atoms with E-state index in [4.69, 9.17) is 14.2 Å². The Morgan fingerprint density at radius 3 is 2.20 bits per heavy atom. The zero-order chi connectivity index (χ0) is 14.4. The monoisotopic (exact) mass is 278 g/mol. The number of aldehydes is 1. The number of hydrogen-bond donors (Lipinski definition) is 0. The van der Waals surface area contributed by atoms with E-state index in [1.165, 1.54) is 46.3 Å². The van der Waals surface area contributed by atoms with Gasteiger partial charge in [-0.3, -0.25) is 4.79 Å². The lowest BCUT2D eigenvalue weighted by Gasteiger charge is -2.22. The van der Waals surface area contributed by atoms with Gasteiger partial charge in [0.15, 0.2) is 6.29 Å². The Hall–Kier alpha value is -1.71. The largest absolute Gasteiger partial charge is 0.496 e. The average molecular weight is 278 g/mol. The lowest BCUT2D eigenvalue weighted by molar-refractivity contribution is 0.111. The third kappa shape index (κ3) is 3.44. The van der Waals surface area contributed by atoms with Crippen molar-refractivity contribution in [3.63, 3.8) is 0 Å². The van der Waals surface area contributed by atoms with Crippen molar-refractivity contribution >= 4 is 6.29 Å². The summed E-state index contributed by atoms with van der Waals surface area (Å²) >= 11 is 0. The fourth-order valence-electron chi connectivity index (χ4n) is 2.68. The van der Waals surface area contributed by atoms with Crippen LogP contribution in [0.15, 0.2) is 12.1 Å². The summed E-state index contributed by atoms with van der Waals surface area (Å²) in [5.41, 5.74) is 0.417. The molecule has 0 spiro atoms. The van der Waals surface area contributed by atoms with Gasteiger partial charge in [-0.05, 0) is 18.8 Å². The van der Waals surface area contributed by atoms with E-state index in [2.05, 4.69) is 0 Å². The smallest absolute Gasteiger partial charge is 0.157 e. The van der Waals surface area contributed by atoms with Crippen LogP contribution in [0.5, 0.6) is 17.2 Å². The third-order valence-electron chi connectivity index (χ3n) is 3.85. The molecule has 2 rings (SSSR count). The molecule has 0 saturated heterocycles. The first-order valence-corrected chi connectivity index (χ1v) is 7.12. The number of methoxy groups -OCH3 is 2. The van der Waals surface area contributed by atoms with Gasteiger partial charge in [0.1, 0.15) is 17.2 Å². The first kappa shape index (κ1) is 14.7. The maximum absolute atomic E-state index is 11.1. The van der Waals surface area contributed by atoms with Gasteiger partial charge < -0.3 is 14.2 Å². The molecule has 1 aromatic rings. The number of carbonyl (C=O) groups is 1. The first-order valence-electron chi connectivity index (χ1n) is 7.12. The van der Waals surface area contributed by atoms with Crippen molar-refractivity contribution in [3.8, 4) is 17.2 Å². The Balaban J connectivity index is 2.08.